The molecule has 0 bridgehead atoms. The number of piperidine rings is 1. The van der Waals surface area contributed by atoms with Gasteiger partial charge < -0.3 is 4.74 Å². The van der Waals surface area contributed by atoms with E-state index in [0.717, 1.165) is 35.5 Å². The molecular formula is C20H22ClN3O. The van der Waals surface area contributed by atoms with Crippen molar-refractivity contribution in [1.82, 2.24) is 14.7 Å². The van der Waals surface area contributed by atoms with E-state index in [-0.39, 0.29) is 0 Å². The predicted octanol–water partition coefficient (Wildman–Crippen LogP) is 4.54. The molecule has 5 heteroatoms. The number of hydrogen-bond donors (Lipinski definition) is 0. The van der Waals surface area contributed by atoms with E-state index in [4.69, 9.17) is 16.3 Å². The van der Waals surface area contributed by atoms with Gasteiger partial charge in [0.15, 0.2) is 0 Å². The van der Waals surface area contributed by atoms with Crippen molar-refractivity contribution in [1.29, 1.82) is 0 Å². The Balaban J connectivity index is 1.41. The zero-order valence-corrected chi connectivity index (χ0v) is 15.0. The van der Waals surface area contributed by atoms with Gasteiger partial charge in [0.25, 0.3) is 0 Å². The maximum absolute atomic E-state index is 6.46. The van der Waals surface area contributed by atoms with Gasteiger partial charge in [-0.05, 0) is 62.3 Å². The van der Waals surface area contributed by atoms with Crippen molar-refractivity contribution in [3.05, 3.63) is 53.7 Å². The van der Waals surface area contributed by atoms with E-state index in [2.05, 4.69) is 10.00 Å². The molecule has 130 valence electrons. The third-order valence-corrected chi connectivity index (χ3v) is 5.09. The summed E-state index contributed by atoms with van der Waals surface area (Å²) in [4.78, 5) is 2.48. The van der Waals surface area contributed by atoms with Gasteiger partial charge in [-0.3, -0.25) is 4.90 Å². The molecule has 0 unspecified atom stereocenters. The number of halogens is 1. The highest BCUT2D eigenvalue weighted by atomic mass is 35.5. The summed E-state index contributed by atoms with van der Waals surface area (Å²) in [6, 6.07) is 15.8. The summed E-state index contributed by atoms with van der Waals surface area (Å²) < 4.78 is 7.65. The number of likely N-dealkylation sites (tertiary alicyclic amines) is 1. The van der Waals surface area contributed by atoms with Crippen LogP contribution in [0.4, 0.5) is 0 Å². The fourth-order valence-electron chi connectivity index (χ4n) is 3.33. The smallest absolute Gasteiger partial charge is 0.140 e. The second-order valence-electron chi connectivity index (χ2n) is 6.46. The lowest BCUT2D eigenvalue weighted by molar-refractivity contribution is 0.183. The van der Waals surface area contributed by atoms with Crippen LogP contribution >= 0.6 is 11.6 Å². The third kappa shape index (κ3) is 3.65. The first kappa shape index (κ1) is 16.4. The monoisotopic (exact) mass is 355 g/mol. The van der Waals surface area contributed by atoms with Crippen LogP contribution in [0.2, 0.25) is 5.15 Å². The maximum atomic E-state index is 6.46. The van der Waals surface area contributed by atoms with E-state index in [0.29, 0.717) is 5.15 Å². The van der Waals surface area contributed by atoms with Crippen molar-refractivity contribution in [3.8, 4) is 11.4 Å². The van der Waals surface area contributed by atoms with Crippen LogP contribution in [0, 0.1) is 0 Å². The first-order chi connectivity index (χ1) is 12.3. The molecular weight excluding hydrogens is 334 g/mol. The fraction of sp³-hybridized carbons (Fsp3) is 0.350. The van der Waals surface area contributed by atoms with Crippen LogP contribution in [0.1, 0.15) is 19.3 Å². The molecule has 3 aromatic rings. The molecule has 0 atom stereocenters. The van der Waals surface area contributed by atoms with Gasteiger partial charge in [-0.25, -0.2) is 4.68 Å². The van der Waals surface area contributed by atoms with E-state index in [1.807, 2.05) is 48.5 Å². The lowest BCUT2D eigenvalue weighted by atomic mass is 10.1. The summed E-state index contributed by atoms with van der Waals surface area (Å²) in [5.41, 5.74) is 1.83. The summed E-state index contributed by atoms with van der Waals surface area (Å²) in [6.45, 7) is 4.13. The van der Waals surface area contributed by atoms with E-state index >= 15 is 0 Å². The molecule has 0 radical (unpaired) electrons. The Morgan fingerprint density at radius 1 is 0.960 bits per heavy atom. The van der Waals surface area contributed by atoms with Crippen LogP contribution in [-0.4, -0.2) is 40.9 Å². The SMILES string of the molecule is Clc1c2ccccc2nn1-c1ccc(OCCN2CCCCC2)cc1. The van der Waals surface area contributed by atoms with Crippen LogP contribution in [-0.2, 0) is 0 Å². The Labute approximate surface area is 153 Å². The van der Waals surface area contributed by atoms with Gasteiger partial charge in [0, 0.05) is 11.9 Å². The molecule has 0 N–H and O–H groups in total. The number of rotatable bonds is 5. The average Bonchev–Trinajstić information content (AvgIpc) is 3.00. The van der Waals surface area contributed by atoms with E-state index < -0.39 is 0 Å². The number of fused-ring (bicyclic) bond motifs is 1. The highest BCUT2D eigenvalue weighted by Gasteiger charge is 2.11. The molecule has 1 aliphatic rings. The summed E-state index contributed by atoms with van der Waals surface area (Å²) >= 11 is 6.46. The van der Waals surface area contributed by atoms with Crippen molar-refractivity contribution < 1.29 is 4.74 Å². The maximum Gasteiger partial charge on any atom is 0.140 e. The number of hydrogen-bond acceptors (Lipinski definition) is 3. The number of benzene rings is 2. The van der Waals surface area contributed by atoms with Crippen molar-refractivity contribution in [2.75, 3.05) is 26.2 Å². The number of ether oxygens (including phenoxy) is 1. The minimum absolute atomic E-state index is 0.634. The van der Waals surface area contributed by atoms with Crippen LogP contribution < -0.4 is 4.74 Å². The average molecular weight is 356 g/mol. The Hall–Kier alpha value is -2.04. The second kappa shape index (κ2) is 7.46. The highest BCUT2D eigenvalue weighted by Crippen LogP contribution is 2.26. The van der Waals surface area contributed by atoms with Gasteiger partial charge in [-0.1, -0.05) is 30.2 Å². The molecule has 2 heterocycles. The Morgan fingerprint density at radius 3 is 2.48 bits per heavy atom. The molecule has 0 amide bonds. The Bertz CT molecular complexity index is 838. The fourth-order valence-corrected chi connectivity index (χ4v) is 3.63. The first-order valence-corrected chi connectivity index (χ1v) is 9.28. The Kier molecular flexibility index (Phi) is 4.90. The summed E-state index contributed by atoms with van der Waals surface area (Å²) in [5.74, 6) is 0.883. The molecule has 1 aliphatic heterocycles. The van der Waals surface area contributed by atoms with Gasteiger partial charge in [0.1, 0.15) is 17.5 Å². The minimum atomic E-state index is 0.634. The molecule has 2 aromatic carbocycles. The zero-order chi connectivity index (χ0) is 17.1. The largest absolute Gasteiger partial charge is 0.492 e. The van der Waals surface area contributed by atoms with Crippen molar-refractivity contribution >= 4 is 22.5 Å². The van der Waals surface area contributed by atoms with E-state index in [1.165, 1.54) is 32.4 Å². The van der Waals surface area contributed by atoms with Crippen molar-refractivity contribution in [2.24, 2.45) is 0 Å². The zero-order valence-electron chi connectivity index (χ0n) is 14.2. The summed E-state index contributed by atoms with van der Waals surface area (Å²) in [5, 5.41) is 6.17. The molecule has 1 aromatic heterocycles. The predicted molar refractivity (Wildman–Crippen MR) is 102 cm³/mol. The van der Waals surface area contributed by atoms with Crippen molar-refractivity contribution in [3.63, 3.8) is 0 Å². The molecule has 1 saturated heterocycles. The normalized spacial score (nSPS) is 15.6. The number of aromatic nitrogens is 2. The standard InChI is InChI=1S/C20H22ClN3O/c21-20-18-6-2-3-7-19(18)22-24(20)16-8-10-17(11-9-16)25-15-14-23-12-4-1-5-13-23/h2-3,6-11H,1,4-5,12-15H2. The molecule has 0 saturated carbocycles. The molecule has 0 aliphatic carbocycles. The van der Waals surface area contributed by atoms with E-state index in [1.54, 1.807) is 4.68 Å². The molecule has 1 fully saturated rings. The summed E-state index contributed by atoms with van der Waals surface area (Å²) in [6.07, 6.45) is 3.99. The quantitative estimate of drug-likeness (QED) is 0.673. The van der Waals surface area contributed by atoms with Crippen LogP contribution in [0.3, 0.4) is 0 Å². The number of nitrogens with zero attached hydrogens (tertiary/aromatic N) is 3. The van der Waals surface area contributed by atoms with Gasteiger partial charge in [-0.2, -0.15) is 5.10 Å². The van der Waals surface area contributed by atoms with Crippen LogP contribution in [0.5, 0.6) is 5.75 Å². The molecule has 25 heavy (non-hydrogen) atoms. The summed E-state index contributed by atoms with van der Waals surface area (Å²) in [7, 11) is 0. The van der Waals surface area contributed by atoms with Crippen LogP contribution in [0.15, 0.2) is 48.5 Å². The first-order valence-electron chi connectivity index (χ1n) is 8.90. The molecule has 0 spiro atoms. The van der Waals surface area contributed by atoms with Gasteiger partial charge in [-0.15, -0.1) is 0 Å². The van der Waals surface area contributed by atoms with E-state index in [9.17, 15) is 0 Å². The molecule has 4 nitrogen and oxygen atoms in total. The molecule has 4 rings (SSSR count). The minimum Gasteiger partial charge on any atom is -0.492 e. The topological polar surface area (TPSA) is 30.3 Å². The lowest BCUT2D eigenvalue weighted by Gasteiger charge is -2.26. The van der Waals surface area contributed by atoms with Crippen molar-refractivity contribution in [2.45, 2.75) is 19.3 Å². The third-order valence-electron chi connectivity index (χ3n) is 4.73. The second-order valence-corrected chi connectivity index (χ2v) is 6.82. The van der Waals surface area contributed by atoms with Gasteiger partial charge in [0.05, 0.1) is 11.2 Å². The highest BCUT2D eigenvalue weighted by molar-refractivity contribution is 6.34. The van der Waals surface area contributed by atoms with Gasteiger partial charge in [0.2, 0.25) is 0 Å². The Morgan fingerprint density at radius 2 is 1.72 bits per heavy atom. The lowest BCUT2D eigenvalue weighted by Crippen LogP contribution is -2.33. The van der Waals surface area contributed by atoms with Gasteiger partial charge >= 0.3 is 0 Å². The van der Waals surface area contributed by atoms with Crippen LogP contribution in [0.25, 0.3) is 16.6 Å².